The van der Waals surface area contributed by atoms with Crippen molar-refractivity contribution in [1.82, 2.24) is 15.2 Å². The van der Waals surface area contributed by atoms with Crippen LogP contribution >= 0.6 is 11.3 Å². The van der Waals surface area contributed by atoms with E-state index >= 15 is 0 Å². The number of aromatic nitrogens is 3. The monoisotopic (exact) mass is 357 g/mol. The van der Waals surface area contributed by atoms with Gasteiger partial charge >= 0.3 is 6.18 Å². The molecule has 2 unspecified atom stereocenters. The molecule has 2 aliphatic heterocycles. The molecule has 24 heavy (non-hydrogen) atoms. The van der Waals surface area contributed by atoms with Gasteiger partial charge in [0.1, 0.15) is 5.82 Å². The molecule has 0 amide bonds. The number of hydrogen-bond acceptors (Lipinski definition) is 6. The van der Waals surface area contributed by atoms with Gasteiger partial charge in [-0.1, -0.05) is 0 Å². The van der Waals surface area contributed by atoms with Crippen LogP contribution in [0.3, 0.4) is 0 Å². The van der Waals surface area contributed by atoms with Crippen LogP contribution in [0.25, 0.3) is 0 Å². The first-order valence-corrected chi connectivity index (χ1v) is 8.36. The summed E-state index contributed by atoms with van der Waals surface area (Å²) in [5, 5.41) is 7.96. The number of halogens is 3. The van der Waals surface area contributed by atoms with Crippen LogP contribution in [0.15, 0.2) is 22.3 Å². The lowest BCUT2D eigenvalue weighted by atomic mass is 10.0. The fraction of sp³-hybridized carbons (Fsp3) is 0.500. The van der Waals surface area contributed by atoms with Gasteiger partial charge in [0, 0.05) is 49.5 Å². The average Bonchev–Trinajstić information content (AvgIpc) is 3.20. The molecule has 6 nitrogen and oxygen atoms in total. The Morgan fingerprint density at radius 2 is 1.79 bits per heavy atom. The van der Waals surface area contributed by atoms with Crippen molar-refractivity contribution in [3.8, 4) is 0 Å². The molecule has 2 aliphatic rings. The zero-order valence-electron chi connectivity index (χ0n) is 12.5. The van der Waals surface area contributed by atoms with Crippen LogP contribution in [0.2, 0.25) is 0 Å². The molecule has 4 rings (SSSR count). The van der Waals surface area contributed by atoms with Crippen molar-refractivity contribution in [2.45, 2.75) is 6.18 Å². The van der Waals surface area contributed by atoms with Gasteiger partial charge in [-0.15, -0.1) is 11.3 Å². The number of aromatic amines is 1. The van der Waals surface area contributed by atoms with E-state index in [1.165, 1.54) is 6.07 Å². The zero-order valence-corrected chi connectivity index (χ0v) is 13.3. The van der Waals surface area contributed by atoms with Crippen LogP contribution in [-0.4, -0.2) is 41.4 Å². The Hall–Kier alpha value is -2.10. The summed E-state index contributed by atoms with van der Waals surface area (Å²) in [5.74, 6) is 1.44. The molecule has 2 saturated heterocycles. The number of rotatable bonds is 2. The lowest BCUT2D eigenvalue weighted by Gasteiger charge is -2.21. The number of fused-ring (bicyclic) bond motifs is 1. The second kappa shape index (κ2) is 5.47. The fourth-order valence-electron chi connectivity index (χ4n) is 3.39. The number of alkyl halides is 3. The van der Waals surface area contributed by atoms with Crippen molar-refractivity contribution in [3.05, 3.63) is 33.6 Å². The van der Waals surface area contributed by atoms with Gasteiger partial charge < -0.3 is 9.80 Å². The Balaban J connectivity index is 1.43. The Labute approximate surface area is 138 Å². The third-order valence-electron chi connectivity index (χ3n) is 4.53. The van der Waals surface area contributed by atoms with Crippen molar-refractivity contribution < 1.29 is 13.2 Å². The number of hydrogen-bond donors (Lipinski definition) is 1. The first kappa shape index (κ1) is 15.4. The van der Waals surface area contributed by atoms with Crippen LogP contribution in [-0.2, 0) is 6.18 Å². The van der Waals surface area contributed by atoms with Gasteiger partial charge in [-0.25, -0.2) is 10.1 Å². The Morgan fingerprint density at radius 1 is 1.12 bits per heavy atom. The molecule has 0 aliphatic carbocycles. The van der Waals surface area contributed by atoms with E-state index in [1.54, 1.807) is 6.07 Å². The van der Waals surface area contributed by atoms with Crippen molar-refractivity contribution >= 4 is 22.3 Å². The van der Waals surface area contributed by atoms with E-state index in [1.807, 2.05) is 4.90 Å². The quantitative estimate of drug-likeness (QED) is 0.888. The minimum atomic E-state index is -4.39. The van der Waals surface area contributed by atoms with Crippen LogP contribution in [0.4, 0.5) is 24.1 Å². The molecule has 1 N–H and O–H groups in total. The maximum Gasteiger partial charge on any atom is 0.434 e. The SMILES string of the molecule is O=c1ccc(N2CC3CN(c4nc(C(F)(F)F)cs4)CC3C2)n[nH]1. The van der Waals surface area contributed by atoms with Gasteiger partial charge in [-0.05, 0) is 6.07 Å². The normalized spacial score (nSPS) is 23.8. The summed E-state index contributed by atoms with van der Waals surface area (Å²) < 4.78 is 38.0. The first-order valence-electron chi connectivity index (χ1n) is 7.48. The third kappa shape index (κ3) is 2.74. The summed E-state index contributed by atoms with van der Waals surface area (Å²) in [4.78, 5) is 18.8. The van der Waals surface area contributed by atoms with E-state index in [4.69, 9.17) is 0 Å². The molecule has 4 heterocycles. The van der Waals surface area contributed by atoms with Crippen LogP contribution < -0.4 is 15.4 Å². The van der Waals surface area contributed by atoms with E-state index in [0.29, 0.717) is 30.1 Å². The number of nitrogens with zero attached hydrogens (tertiary/aromatic N) is 4. The van der Waals surface area contributed by atoms with E-state index in [9.17, 15) is 18.0 Å². The van der Waals surface area contributed by atoms with Gasteiger partial charge in [0.05, 0.1) is 0 Å². The van der Waals surface area contributed by atoms with Gasteiger partial charge in [0.15, 0.2) is 10.8 Å². The fourth-order valence-corrected chi connectivity index (χ4v) is 4.24. The largest absolute Gasteiger partial charge is 0.434 e. The molecule has 0 bridgehead atoms. The van der Waals surface area contributed by atoms with Crippen molar-refractivity contribution in [2.75, 3.05) is 36.0 Å². The summed E-state index contributed by atoms with van der Waals surface area (Å²) in [6, 6.07) is 3.13. The van der Waals surface area contributed by atoms with E-state index in [-0.39, 0.29) is 5.56 Å². The van der Waals surface area contributed by atoms with Crippen molar-refractivity contribution in [2.24, 2.45) is 11.8 Å². The number of H-pyrrole nitrogens is 1. The minimum absolute atomic E-state index is 0.242. The van der Waals surface area contributed by atoms with Crippen LogP contribution in [0.5, 0.6) is 0 Å². The summed E-state index contributed by atoms with van der Waals surface area (Å²) in [5.41, 5.74) is -1.06. The van der Waals surface area contributed by atoms with Crippen LogP contribution in [0.1, 0.15) is 5.69 Å². The second-order valence-electron chi connectivity index (χ2n) is 6.12. The maximum atomic E-state index is 12.7. The minimum Gasteiger partial charge on any atom is -0.354 e. The van der Waals surface area contributed by atoms with Crippen molar-refractivity contribution in [1.29, 1.82) is 0 Å². The molecule has 2 fully saturated rings. The molecule has 2 aromatic rings. The summed E-state index contributed by atoms with van der Waals surface area (Å²) in [6.07, 6.45) is -4.39. The lowest BCUT2D eigenvalue weighted by molar-refractivity contribution is -0.140. The second-order valence-corrected chi connectivity index (χ2v) is 6.96. The number of anilines is 2. The summed E-state index contributed by atoms with van der Waals surface area (Å²) >= 11 is 1.04. The molecule has 10 heteroatoms. The zero-order chi connectivity index (χ0) is 16.9. The Kier molecular flexibility index (Phi) is 3.52. The van der Waals surface area contributed by atoms with Crippen LogP contribution in [0, 0.1) is 11.8 Å². The molecular weight excluding hydrogens is 343 g/mol. The third-order valence-corrected chi connectivity index (χ3v) is 5.43. The topological polar surface area (TPSA) is 65.1 Å². The molecule has 0 saturated carbocycles. The van der Waals surface area contributed by atoms with Crippen molar-refractivity contribution in [3.63, 3.8) is 0 Å². The Morgan fingerprint density at radius 3 is 2.33 bits per heavy atom. The lowest BCUT2D eigenvalue weighted by Crippen LogP contribution is -2.29. The van der Waals surface area contributed by atoms with Gasteiger partial charge in [-0.3, -0.25) is 4.79 Å². The highest BCUT2D eigenvalue weighted by Crippen LogP contribution is 2.38. The van der Waals surface area contributed by atoms with Gasteiger partial charge in [0.2, 0.25) is 0 Å². The highest BCUT2D eigenvalue weighted by atomic mass is 32.1. The number of thiazole rings is 1. The molecular formula is C14H14F3N5OS. The average molecular weight is 357 g/mol. The highest BCUT2D eigenvalue weighted by Gasteiger charge is 2.42. The smallest absolute Gasteiger partial charge is 0.354 e. The summed E-state index contributed by atoms with van der Waals surface area (Å²) in [6.45, 7) is 2.93. The Bertz CT molecular complexity index is 770. The molecule has 128 valence electrons. The molecule has 2 aromatic heterocycles. The van der Waals surface area contributed by atoms with E-state index in [2.05, 4.69) is 20.1 Å². The molecule has 0 spiro atoms. The molecule has 0 radical (unpaired) electrons. The maximum absolute atomic E-state index is 12.7. The van der Waals surface area contributed by atoms with E-state index in [0.717, 1.165) is 35.6 Å². The molecule has 0 aromatic carbocycles. The summed E-state index contributed by atoms with van der Waals surface area (Å²) in [7, 11) is 0. The standard InChI is InChI=1S/C14H14F3N5OS/c15-14(16,17)10-7-24-13(18-10)22-5-8-3-21(4-9(8)6-22)11-1-2-12(23)20-19-11/h1-2,7-9H,3-6H2,(H,20,23). The van der Waals surface area contributed by atoms with Gasteiger partial charge in [-0.2, -0.15) is 18.3 Å². The van der Waals surface area contributed by atoms with Gasteiger partial charge in [0.25, 0.3) is 5.56 Å². The number of nitrogens with one attached hydrogen (secondary N) is 1. The predicted octanol–water partition coefficient (Wildman–Crippen LogP) is 1.82. The highest BCUT2D eigenvalue weighted by molar-refractivity contribution is 7.13. The molecule has 2 atom stereocenters. The predicted molar refractivity (Wildman–Crippen MR) is 83.4 cm³/mol. The first-order chi connectivity index (χ1) is 11.4. The van der Waals surface area contributed by atoms with E-state index < -0.39 is 11.9 Å².